The van der Waals surface area contributed by atoms with Gasteiger partial charge in [0.25, 0.3) is 0 Å². The fraction of sp³-hybridized carbons (Fsp3) is 0.316. The van der Waals surface area contributed by atoms with Gasteiger partial charge >= 0.3 is 0 Å². The van der Waals surface area contributed by atoms with Crippen molar-refractivity contribution in [1.82, 2.24) is 9.97 Å². The summed E-state index contributed by atoms with van der Waals surface area (Å²) in [4.78, 5) is 25.5. The maximum absolute atomic E-state index is 12.5. The predicted molar refractivity (Wildman–Crippen MR) is 106 cm³/mol. The number of nitrogens with zero attached hydrogens (tertiary/aromatic N) is 3. The Labute approximate surface area is 156 Å². The second-order valence-electron chi connectivity index (χ2n) is 5.78. The lowest BCUT2D eigenvalue weighted by Crippen LogP contribution is -2.33. The second kappa shape index (κ2) is 8.14. The van der Waals surface area contributed by atoms with Crippen LogP contribution in [0.5, 0.6) is 5.75 Å². The van der Waals surface area contributed by atoms with Crippen molar-refractivity contribution < 1.29 is 9.53 Å². The molecule has 1 amide bonds. The number of likely N-dealkylation sites (N-methyl/N-ethyl adjacent to an activating group) is 1. The van der Waals surface area contributed by atoms with E-state index in [4.69, 9.17) is 4.74 Å². The first-order valence-electron chi connectivity index (χ1n) is 8.56. The van der Waals surface area contributed by atoms with E-state index < -0.39 is 0 Å². The van der Waals surface area contributed by atoms with Crippen LogP contribution in [0.25, 0.3) is 10.2 Å². The van der Waals surface area contributed by atoms with Gasteiger partial charge in [0.2, 0.25) is 5.91 Å². The molecule has 0 aliphatic heterocycles. The first kappa shape index (κ1) is 18.1. The quantitative estimate of drug-likeness (QED) is 0.686. The zero-order valence-corrected chi connectivity index (χ0v) is 16.0. The van der Waals surface area contributed by atoms with Gasteiger partial charge in [0.05, 0.1) is 19.0 Å². The minimum absolute atomic E-state index is 0.0993. The van der Waals surface area contributed by atoms with Gasteiger partial charge in [0.15, 0.2) is 0 Å². The summed E-state index contributed by atoms with van der Waals surface area (Å²) >= 11 is 1.67. The van der Waals surface area contributed by atoms with E-state index in [1.807, 2.05) is 30.0 Å². The summed E-state index contributed by atoms with van der Waals surface area (Å²) in [7, 11) is 1.60. The van der Waals surface area contributed by atoms with Crippen LogP contribution in [0.4, 0.5) is 11.5 Å². The van der Waals surface area contributed by atoms with Crippen LogP contribution in [-0.2, 0) is 11.2 Å². The molecule has 26 heavy (non-hydrogen) atoms. The lowest BCUT2D eigenvalue weighted by atomic mass is 10.2. The molecule has 0 aliphatic rings. The summed E-state index contributed by atoms with van der Waals surface area (Å²) in [5.74, 6) is 1.41. The van der Waals surface area contributed by atoms with E-state index in [2.05, 4.69) is 28.3 Å². The largest absolute Gasteiger partial charge is 0.497 e. The van der Waals surface area contributed by atoms with Crippen LogP contribution >= 0.6 is 11.3 Å². The van der Waals surface area contributed by atoms with Crippen molar-refractivity contribution >= 4 is 39.0 Å². The van der Waals surface area contributed by atoms with E-state index in [0.29, 0.717) is 18.0 Å². The number of thiophene rings is 1. The number of benzene rings is 1. The summed E-state index contributed by atoms with van der Waals surface area (Å²) in [5.41, 5.74) is 0.710. The third-order valence-corrected chi connectivity index (χ3v) is 5.26. The van der Waals surface area contributed by atoms with Crippen LogP contribution in [0.1, 0.15) is 18.7 Å². The molecule has 1 aromatic carbocycles. The monoisotopic (exact) mass is 370 g/mol. The number of hydrogen-bond acceptors (Lipinski definition) is 6. The highest BCUT2D eigenvalue weighted by Crippen LogP contribution is 2.30. The first-order chi connectivity index (χ1) is 12.6. The van der Waals surface area contributed by atoms with Crippen molar-refractivity contribution in [2.24, 2.45) is 0 Å². The lowest BCUT2D eigenvalue weighted by molar-refractivity contribution is -0.115. The zero-order valence-electron chi connectivity index (χ0n) is 15.2. The fourth-order valence-corrected chi connectivity index (χ4v) is 3.66. The van der Waals surface area contributed by atoms with Crippen LogP contribution in [-0.4, -0.2) is 36.1 Å². The molecule has 0 saturated carbocycles. The number of carbonyl (C=O) groups is 1. The van der Waals surface area contributed by atoms with Crippen LogP contribution in [0, 0.1) is 0 Å². The Balaban J connectivity index is 1.78. The number of ether oxygens (including phenoxy) is 1. The van der Waals surface area contributed by atoms with E-state index in [9.17, 15) is 4.79 Å². The van der Waals surface area contributed by atoms with Gasteiger partial charge < -0.3 is 15.0 Å². The van der Waals surface area contributed by atoms with Gasteiger partial charge in [0.1, 0.15) is 22.7 Å². The Bertz CT molecular complexity index is 909. The lowest BCUT2D eigenvalue weighted by Gasteiger charge is -2.21. The Morgan fingerprint density at radius 3 is 2.85 bits per heavy atom. The smallest absolute Gasteiger partial charge is 0.243 e. The standard InChI is InChI=1S/C19H22N4O2S/c1-4-15-10-16-18(20-12-21-19(16)26-15)23(5-2)11-17(24)22-13-7-6-8-14(9-13)25-3/h6-10,12H,4-5,11H2,1-3H3,(H,22,24). The molecule has 2 aromatic heterocycles. The number of hydrogen-bond donors (Lipinski definition) is 1. The summed E-state index contributed by atoms with van der Waals surface area (Å²) in [6.45, 7) is 5.03. The molecule has 0 saturated heterocycles. The van der Waals surface area contributed by atoms with Gasteiger partial charge in [-0.3, -0.25) is 4.79 Å². The van der Waals surface area contributed by atoms with Gasteiger partial charge in [-0.15, -0.1) is 11.3 Å². The van der Waals surface area contributed by atoms with Gasteiger partial charge in [-0.2, -0.15) is 0 Å². The molecular weight excluding hydrogens is 348 g/mol. The summed E-state index contributed by atoms with van der Waals surface area (Å²) < 4.78 is 5.19. The van der Waals surface area contributed by atoms with E-state index >= 15 is 0 Å². The number of aryl methyl sites for hydroxylation is 1. The molecule has 0 aliphatic carbocycles. The van der Waals surface area contributed by atoms with Crippen LogP contribution in [0.3, 0.4) is 0 Å². The van der Waals surface area contributed by atoms with Crippen molar-refractivity contribution in [2.45, 2.75) is 20.3 Å². The third-order valence-electron chi connectivity index (χ3n) is 4.08. The van der Waals surface area contributed by atoms with E-state index in [1.54, 1.807) is 30.8 Å². The summed E-state index contributed by atoms with van der Waals surface area (Å²) in [6.07, 6.45) is 2.53. The van der Waals surface area contributed by atoms with E-state index in [-0.39, 0.29) is 12.5 Å². The molecule has 0 bridgehead atoms. The topological polar surface area (TPSA) is 67.4 Å². The minimum atomic E-state index is -0.0993. The third kappa shape index (κ3) is 3.94. The highest BCUT2D eigenvalue weighted by atomic mass is 32.1. The average Bonchev–Trinajstić information content (AvgIpc) is 3.09. The maximum Gasteiger partial charge on any atom is 0.243 e. The van der Waals surface area contributed by atoms with E-state index in [1.165, 1.54) is 4.88 Å². The normalized spacial score (nSPS) is 10.7. The average molecular weight is 370 g/mol. The number of carbonyl (C=O) groups excluding carboxylic acids is 1. The number of anilines is 2. The van der Waals surface area contributed by atoms with Gasteiger partial charge in [-0.1, -0.05) is 13.0 Å². The Morgan fingerprint density at radius 2 is 2.12 bits per heavy atom. The Hall–Kier alpha value is -2.67. The highest BCUT2D eigenvalue weighted by Gasteiger charge is 2.16. The SMILES string of the molecule is CCc1cc2c(N(CC)CC(=O)Nc3cccc(OC)c3)ncnc2s1. The number of methoxy groups -OCH3 is 1. The molecule has 136 valence electrons. The van der Waals surface area contributed by atoms with Crippen molar-refractivity contribution in [2.75, 3.05) is 30.4 Å². The van der Waals surface area contributed by atoms with Crippen LogP contribution < -0.4 is 15.0 Å². The molecule has 0 radical (unpaired) electrons. The van der Waals surface area contributed by atoms with E-state index in [0.717, 1.165) is 22.5 Å². The van der Waals surface area contributed by atoms with Crippen molar-refractivity contribution in [3.05, 3.63) is 41.5 Å². The molecule has 0 atom stereocenters. The predicted octanol–water partition coefficient (Wildman–Crippen LogP) is 3.73. The van der Waals surface area contributed by atoms with Crippen molar-refractivity contribution in [3.8, 4) is 5.75 Å². The van der Waals surface area contributed by atoms with Crippen LogP contribution in [0.15, 0.2) is 36.7 Å². The molecule has 0 spiro atoms. The van der Waals surface area contributed by atoms with Gasteiger partial charge in [-0.25, -0.2) is 9.97 Å². The maximum atomic E-state index is 12.5. The summed E-state index contributed by atoms with van der Waals surface area (Å²) in [5, 5.41) is 3.92. The molecule has 6 nitrogen and oxygen atoms in total. The summed E-state index contributed by atoms with van der Waals surface area (Å²) in [6, 6.07) is 9.44. The molecule has 0 unspecified atom stereocenters. The first-order valence-corrected chi connectivity index (χ1v) is 9.38. The molecular formula is C19H22N4O2S. The highest BCUT2D eigenvalue weighted by molar-refractivity contribution is 7.18. The van der Waals surface area contributed by atoms with Crippen molar-refractivity contribution in [1.29, 1.82) is 0 Å². The molecule has 2 heterocycles. The number of rotatable bonds is 7. The number of fused-ring (bicyclic) bond motifs is 1. The molecule has 0 fully saturated rings. The number of amides is 1. The van der Waals surface area contributed by atoms with Crippen LogP contribution in [0.2, 0.25) is 0 Å². The molecule has 3 rings (SSSR count). The molecule has 1 N–H and O–H groups in total. The van der Waals surface area contributed by atoms with Gasteiger partial charge in [0, 0.05) is 23.2 Å². The second-order valence-corrected chi connectivity index (χ2v) is 6.89. The van der Waals surface area contributed by atoms with Gasteiger partial charge in [-0.05, 0) is 31.5 Å². The van der Waals surface area contributed by atoms with Crippen molar-refractivity contribution in [3.63, 3.8) is 0 Å². The Morgan fingerprint density at radius 1 is 1.27 bits per heavy atom. The number of aromatic nitrogens is 2. The zero-order chi connectivity index (χ0) is 18.5. The minimum Gasteiger partial charge on any atom is -0.497 e. The number of nitrogens with one attached hydrogen (secondary N) is 1. The fourth-order valence-electron chi connectivity index (χ4n) is 2.73. The molecule has 7 heteroatoms. The Kier molecular flexibility index (Phi) is 5.68. The molecule has 3 aromatic rings.